The quantitative estimate of drug-likeness (QED) is 0.608. The molecule has 0 bridgehead atoms. The molecule has 1 atom stereocenters. The van der Waals surface area contributed by atoms with Crippen LogP contribution in [0, 0.1) is 0 Å². The summed E-state index contributed by atoms with van der Waals surface area (Å²) in [6, 6.07) is 7.97. The molecule has 1 unspecified atom stereocenters. The lowest BCUT2D eigenvalue weighted by Crippen LogP contribution is -2.00. The van der Waals surface area contributed by atoms with Gasteiger partial charge in [0, 0.05) is 0 Å². The van der Waals surface area contributed by atoms with Gasteiger partial charge in [-0.15, -0.1) is 0 Å². The molecular weight excluding hydrogens is 248 g/mol. The Morgan fingerprint density at radius 1 is 1.15 bits per heavy atom. The molecule has 1 aromatic rings. The van der Waals surface area contributed by atoms with Crippen molar-refractivity contribution in [1.82, 2.24) is 0 Å². The highest BCUT2D eigenvalue weighted by atomic mass is 16.5. The standard InChI is InChI=1S/C18H28O2/c1-2-3-4-5-6-7-11-18(19)15-9-8-10-17(14-15)20-16-12-13-16/h8-10,14,16,18-19H,2-7,11-13H2,1H3. The Bertz CT molecular complexity index is 385. The maximum absolute atomic E-state index is 10.2. The van der Waals surface area contributed by atoms with Crippen molar-refractivity contribution in [2.24, 2.45) is 0 Å². The van der Waals surface area contributed by atoms with Crippen molar-refractivity contribution in [2.45, 2.75) is 76.9 Å². The van der Waals surface area contributed by atoms with Crippen LogP contribution < -0.4 is 4.74 Å². The summed E-state index contributed by atoms with van der Waals surface area (Å²) < 4.78 is 5.77. The molecule has 0 amide bonds. The van der Waals surface area contributed by atoms with Crippen LogP contribution in [-0.4, -0.2) is 11.2 Å². The summed E-state index contributed by atoms with van der Waals surface area (Å²) in [4.78, 5) is 0. The van der Waals surface area contributed by atoms with Gasteiger partial charge in [0.1, 0.15) is 5.75 Å². The summed E-state index contributed by atoms with van der Waals surface area (Å²) in [6.45, 7) is 2.24. The van der Waals surface area contributed by atoms with Crippen molar-refractivity contribution in [2.75, 3.05) is 0 Å². The smallest absolute Gasteiger partial charge is 0.120 e. The largest absolute Gasteiger partial charge is 0.490 e. The number of unbranched alkanes of at least 4 members (excludes halogenated alkanes) is 5. The van der Waals surface area contributed by atoms with E-state index in [0.29, 0.717) is 6.10 Å². The van der Waals surface area contributed by atoms with E-state index in [0.717, 1.165) is 24.2 Å². The minimum atomic E-state index is -0.344. The molecule has 1 saturated carbocycles. The molecular formula is C18H28O2. The third-order valence-corrected chi connectivity index (χ3v) is 3.90. The Hall–Kier alpha value is -1.02. The minimum Gasteiger partial charge on any atom is -0.490 e. The van der Waals surface area contributed by atoms with Crippen LogP contribution in [0.25, 0.3) is 0 Å². The van der Waals surface area contributed by atoms with E-state index >= 15 is 0 Å². The van der Waals surface area contributed by atoms with E-state index in [-0.39, 0.29) is 6.10 Å². The SMILES string of the molecule is CCCCCCCCC(O)c1cccc(OC2CC2)c1. The molecule has 1 aliphatic carbocycles. The van der Waals surface area contributed by atoms with E-state index in [1.165, 1.54) is 44.9 Å². The Morgan fingerprint density at radius 3 is 2.65 bits per heavy atom. The lowest BCUT2D eigenvalue weighted by molar-refractivity contribution is 0.162. The average molecular weight is 276 g/mol. The summed E-state index contributed by atoms with van der Waals surface area (Å²) in [6.07, 6.45) is 10.9. The summed E-state index contributed by atoms with van der Waals surface area (Å²) in [7, 11) is 0. The number of aliphatic hydroxyl groups excluding tert-OH is 1. The lowest BCUT2D eigenvalue weighted by atomic mass is 10.0. The summed E-state index contributed by atoms with van der Waals surface area (Å²) in [5.41, 5.74) is 0.997. The average Bonchev–Trinajstić information content (AvgIpc) is 3.26. The van der Waals surface area contributed by atoms with Crippen LogP contribution in [0.2, 0.25) is 0 Å². The highest BCUT2D eigenvalue weighted by Gasteiger charge is 2.23. The predicted molar refractivity (Wildman–Crippen MR) is 83.0 cm³/mol. The number of benzene rings is 1. The second-order valence-corrected chi connectivity index (χ2v) is 5.96. The van der Waals surface area contributed by atoms with Crippen LogP contribution in [0.15, 0.2) is 24.3 Å². The summed E-state index contributed by atoms with van der Waals surface area (Å²) >= 11 is 0. The number of rotatable bonds is 10. The van der Waals surface area contributed by atoms with Gasteiger partial charge in [-0.25, -0.2) is 0 Å². The van der Waals surface area contributed by atoms with Gasteiger partial charge in [0.15, 0.2) is 0 Å². The number of ether oxygens (including phenoxy) is 1. The monoisotopic (exact) mass is 276 g/mol. The first-order valence-corrected chi connectivity index (χ1v) is 8.24. The molecule has 0 spiro atoms. The Balaban J connectivity index is 1.69. The fourth-order valence-corrected chi connectivity index (χ4v) is 2.46. The molecule has 20 heavy (non-hydrogen) atoms. The molecule has 1 aromatic carbocycles. The molecule has 0 radical (unpaired) electrons. The van der Waals surface area contributed by atoms with Crippen LogP contribution in [0.1, 0.15) is 76.4 Å². The van der Waals surface area contributed by atoms with Gasteiger partial charge >= 0.3 is 0 Å². The first kappa shape index (κ1) is 15.4. The molecule has 0 heterocycles. The van der Waals surface area contributed by atoms with Crippen molar-refractivity contribution in [3.8, 4) is 5.75 Å². The van der Waals surface area contributed by atoms with Crippen LogP contribution in [-0.2, 0) is 0 Å². The number of hydrogen-bond acceptors (Lipinski definition) is 2. The Morgan fingerprint density at radius 2 is 1.90 bits per heavy atom. The van der Waals surface area contributed by atoms with E-state index in [1.54, 1.807) is 0 Å². The van der Waals surface area contributed by atoms with Crippen molar-refractivity contribution < 1.29 is 9.84 Å². The van der Waals surface area contributed by atoms with Crippen LogP contribution in [0.5, 0.6) is 5.75 Å². The third kappa shape index (κ3) is 5.54. The molecule has 1 aliphatic rings. The molecule has 0 aromatic heterocycles. The molecule has 2 rings (SSSR count). The zero-order valence-electron chi connectivity index (χ0n) is 12.7. The van der Waals surface area contributed by atoms with E-state index in [1.807, 2.05) is 24.3 Å². The second kappa shape index (κ2) is 8.31. The van der Waals surface area contributed by atoms with Gasteiger partial charge in [-0.1, -0.05) is 57.6 Å². The topological polar surface area (TPSA) is 29.5 Å². The van der Waals surface area contributed by atoms with E-state index in [9.17, 15) is 5.11 Å². The van der Waals surface area contributed by atoms with Crippen LogP contribution >= 0.6 is 0 Å². The minimum absolute atomic E-state index is 0.344. The zero-order chi connectivity index (χ0) is 14.2. The van der Waals surface area contributed by atoms with Crippen molar-refractivity contribution in [1.29, 1.82) is 0 Å². The maximum atomic E-state index is 10.2. The third-order valence-electron chi connectivity index (χ3n) is 3.90. The highest BCUT2D eigenvalue weighted by Crippen LogP contribution is 2.29. The molecule has 0 saturated heterocycles. The molecule has 1 fully saturated rings. The van der Waals surface area contributed by atoms with E-state index < -0.39 is 0 Å². The highest BCUT2D eigenvalue weighted by molar-refractivity contribution is 5.30. The predicted octanol–water partition coefficient (Wildman–Crippen LogP) is 5.01. The fraction of sp³-hybridized carbons (Fsp3) is 0.667. The molecule has 1 N–H and O–H groups in total. The molecule has 2 heteroatoms. The summed E-state index contributed by atoms with van der Waals surface area (Å²) in [5, 5.41) is 10.2. The zero-order valence-corrected chi connectivity index (χ0v) is 12.7. The Kier molecular flexibility index (Phi) is 6.38. The van der Waals surface area contributed by atoms with Gasteiger partial charge < -0.3 is 9.84 Å². The lowest BCUT2D eigenvalue weighted by Gasteiger charge is -2.12. The van der Waals surface area contributed by atoms with Gasteiger partial charge in [-0.3, -0.25) is 0 Å². The second-order valence-electron chi connectivity index (χ2n) is 5.96. The van der Waals surface area contributed by atoms with Gasteiger partial charge in [-0.2, -0.15) is 0 Å². The van der Waals surface area contributed by atoms with Gasteiger partial charge in [0.2, 0.25) is 0 Å². The van der Waals surface area contributed by atoms with Crippen molar-refractivity contribution in [3.63, 3.8) is 0 Å². The normalized spacial score (nSPS) is 16.1. The number of aliphatic hydroxyl groups is 1. The first-order chi connectivity index (χ1) is 9.79. The summed E-state index contributed by atoms with van der Waals surface area (Å²) in [5.74, 6) is 0.909. The molecule has 0 aliphatic heterocycles. The maximum Gasteiger partial charge on any atom is 0.120 e. The fourth-order valence-electron chi connectivity index (χ4n) is 2.46. The van der Waals surface area contributed by atoms with Crippen molar-refractivity contribution in [3.05, 3.63) is 29.8 Å². The van der Waals surface area contributed by atoms with Crippen molar-refractivity contribution >= 4 is 0 Å². The van der Waals surface area contributed by atoms with Crippen LogP contribution in [0.3, 0.4) is 0 Å². The van der Waals surface area contributed by atoms with Crippen LogP contribution in [0.4, 0.5) is 0 Å². The molecule has 112 valence electrons. The number of hydrogen-bond donors (Lipinski definition) is 1. The van der Waals surface area contributed by atoms with E-state index in [4.69, 9.17) is 4.74 Å². The van der Waals surface area contributed by atoms with Gasteiger partial charge in [-0.05, 0) is 37.0 Å². The first-order valence-electron chi connectivity index (χ1n) is 8.24. The van der Waals surface area contributed by atoms with E-state index in [2.05, 4.69) is 6.92 Å². The van der Waals surface area contributed by atoms with Gasteiger partial charge in [0.25, 0.3) is 0 Å². The van der Waals surface area contributed by atoms with Gasteiger partial charge in [0.05, 0.1) is 12.2 Å². The molecule has 2 nitrogen and oxygen atoms in total. The Labute approximate surface area is 123 Å².